The van der Waals surface area contributed by atoms with Crippen molar-refractivity contribution in [2.45, 2.75) is 13.3 Å². The third-order valence-electron chi connectivity index (χ3n) is 2.70. The number of hydrogen-bond donors (Lipinski definition) is 2. The summed E-state index contributed by atoms with van der Waals surface area (Å²) >= 11 is 0. The van der Waals surface area contributed by atoms with Crippen LogP contribution in [-0.2, 0) is 13.5 Å². The van der Waals surface area contributed by atoms with Crippen molar-refractivity contribution in [3.8, 4) is 0 Å². The fourth-order valence-electron chi connectivity index (χ4n) is 1.69. The molecule has 0 saturated heterocycles. The van der Waals surface area contributed by atoms with Gasteiger partial charge in [-0.1, -0.05) is 6.07 Å². The van der Waals surface area contributed by atoms with Gasteiger partial charge in [0.25, 0.3) is 0 Å². The van der Waals surface area contributed by atoms with Crippen LogP contribution in [0.3, 0.4) is 0 Å². The maximum atomic E-state index is 11.7. The van der Waals surface area contributed by atoms with E-state index in [1.165, 1.54) is 0 Å². The van der Waals surface area contributed by atoms with E-state index >= 15 is 0 Å². The van der Waals surface area contributed by atoms with Gasteiger partial charge in [-0.15, -0.1) is 0 Å². The van der Waals surface area contributed by atoms with Crippen LogP contribution >= 0.6 is 0 Å². The van der Waals surface area contributed by atoms with Crippen LogP contribution in [0.1, 0.15) is 11.1 Å². The zero-order valence-electron chi connectivity index (χ0n) is 11.1. The molecule has 0 aromatic carbocycles. The van der Waals surface area contributed by atoms with E-state index in [-0.39, 0.29) is 6.03 Å². The molecule has 0 atom stereocenters. The number of anilines is 1. The highest BCUT2D eigenvalue weighted by atomic mass is 16.2. The van der Waals surface area contributed by atoms with Gasteiger partial charge < -0.3 is 5.32 Å². The van der Waals surface area contributed by atoms with E-state index < -0.39 is 0 Å². The summed E-state index contributed by atoms with van der Waals surface area (Å²) in [4.78, 5) is 15.8. The molecule has 0 fully saturated rings. The van der Waals surface area contributed by atoms with Crippen LogP contribution in [0.4, 0.5) is 10.6 Å². The van der Waals surface area contributed by atoms with Gasteiger partial charge in [0.2, 0.25) is 0 Å². The van der Waals surface area contributed by atoms with Crippen LogP contribution in [0.5, 0.6) is 0 Å². The molecular formula is C13H17N5O. The van der Waals surface area contributed by atoms with Gasteiger partial charge in [-0.2, -0.15) is 5.10 Å². The minimum absolute atomic E-state index is 0.245. The molecule has 2 N–H and O–H groups in total. The number of pyridine rings is 1. The Hall–Kier alpha value is -2.37. The Morgan fingerprint density at radius 3 is 3.00 bits per heavy atom. The van der Waals surface area contributed by atoms with Crippen molar-refractivity contribution in [3.05, 3.63) is 41.9 Å². The molecule has 2 amide bonds. The van der Waals surface area contributed by atoms with E-state index in [0.717, 1.165) is 17.5 Å². The number of amides is 2. The normalized spacial score (nSPS) is 10.2. The van der Waals surface area contributed by atoms with Crippen LogP contribution in [-0.4, -0.2) is 27.3 Å². The maximum Gasteiger partial charge on any atom is 0.320 e. The zero-order valence-corrected chi connectivity index (χ0v) is 11.1. The standard InChI is InChI=1S/C13H17N5O/c1-10-4-3-6-14-12(10)17-13(19)15-7-5-11-8-16-18(2)9-11/h3-4,6,8-9H,5,7H2,1-2H3,(H2,14,15,17,19). The number of nitrogens with zero attached hydrogens (tertiary/aromatic N) is 3. The van der Waals surface area contributed by atoms with Crippen molar-refractivity contribution in [2.75, 3.05) is 11.9 Å². The Kier molecular flexibility index (Phi) is 4.12. The summed E-state index contributed by atoms with van der Waals surface area (Å²) in [7, 11) is 1.87. The summed E-state index contributed by atoms with van der Waals surface area (Å²) in [6.07, 6.45) is 6.13. The van der Waals surface area contributed by atoms with E-state index in [0.29, 0.717) is 12.4 Å². The minimum Gasteiger partial charge on any atom is -0.337 e. The van der Waals surface area contributed by atoms with Gasteiger partial charge in [0.1, 0.15) is 5.82 Å². The summed E-state index contributed by atoms with van der Waals surface area (Å²) in [6, 6.07) is 3.49. The van der Waals surface area contributed by atoms with E-state index in [9.17, 15) is 4.79 Å². The summed E-state index contributed by atoms with van der Waals surface area (Å²) < 4.78 is 1.74. The third kappa shape index (κ3) is 3.80. The second kappa shape index (κ2) is 5.99. The predicted octanol–water partition coefficient (Wildman–Crippen LogP) is 1.49. The quantitative estimate of drug-likeness (QED) is 0.873. The van der Waals surface area contributed by atoms with Crippen LogP contribution in [0.25, 0.3) is 0 Å². The molecule has 6 heteroatoms. The zero-order chi connectivity index (χ0) is 13.7. The summed E-state index contributed by atoms with van der Waals surface area (Å²) in [5.41, 5.74) is 2.03. The lowest BCUT2D eigenvalue weighted by Gasteiger charge is -2.08. The van der Waals surface area contributed by atoms with E-state index in [1.54, 1.807) is 17.1 Å². The fourth-order valence-corrected chi connectivity index (χ4v) is 1.69. The van der Waals surface area contributed by atoms with Crippen molar-refractivity contribution < 1.29 is 4.79 Å². The summed E-state index contributed by atoms with van der Waals surface area (Å²) in [5, 5.41) is 9.58. The van der Waals surface area contributed by atoms with Crippen molar-refractivity contribution >= 4 is 11.8 Å². The van der Waals surface area contributed by atoms with Crippen LogP contribution in [0.2, 0.25) is 0 Å². The smallest absolute Gasteiger partial charge is 0.320 e. The first-order valence-electron chi connectivity index (χ1n) is 6.09. The topological polar surface area (TPSA) is 71.8 Å². The molecular weight excluding hydrogens is 242 g/mol. The number of aryl methyl sites for hydroxylation is 2. The molecule has 0 spiro atoms. The van der Waals surface area contributed by atoms with Gasteiger partial charge in [-0.3, -0.25) is 10.00 Å². The number of carbonyl (C=O) groups is 1. The number of carbonyl (C=O) groups excluding carboxylic acids is 1. The molecule has 19 heavy (non-hydrogen) atoms. The lowest BCUT2D eigenvalue weighted by atomic mass is 10.2. The second-order valence-electron chi connectivity index (χ2n) is 4.32. The maximum absolute atomic E-state index is 11.7. The van der Waals surface area contributed by atoms with Gasteiger partial charge in [0.05, 0.1) is 6.20 Å². The molecule has 0 unspecified atom stereocenters. The van der Waals surface area contributed by atoms with Crippen LogP contribution < -0.4 is 10.6 Å². The van der Waals surface area contributed by atoms with Crippen molar-refractivity contribution in [1.29, 1.82) is 0 Å². The average Bonchev–Trinajstić information content (AvgIpc) is 2.78. The molecule has 0 saturated carbocycles. The molecule has 0 aliphatic heterocycles. The molecule has 0 aliphatic carbocycles. The lowest BCUT2D eigenvalue weighted by Crippen LogP contribution is -2.31. The molecule has 0 aliphatic rings. The number of urea groups is 1. The van der Waals surface area contributed by atoms with Crippen molar-refractivity contribution in [3.63, 3.8) is 0 Å². The minimum atomic E-state index is -0.245. The molecule has 0 radical (unpaired) electrons. The van der Waals surface area contributed by atoms with Crippen LogP contribution in [0, 0.1) is 6.92 Å². The first-order chi connectivity index (χ1) is 9.15. The Balaban J connectivity index is 1.77. The first kappa shape index (κ1) is 13.1. The number of aromatic nitrogens is 3. The molecule has 6 nitrogen and oxygen atoms in total. The fraction of sp³-hybridized carbons (Fsp3) is 0.308. The van der Waals surface area contributed by atoms with Gasteiger partial charge in [-0.25, -0.2) is 9.78 Å². The van der Waals surface area contributed by atoms with E-state index in [1.807, 2.05) is 32.3 Å². The first-order valence-corrected chi connectivity index (χ1v) is 6.09. The Morgan fingerprint density at radius 2 is 2.32 bits per heavy atom. The molecule has 2 heterocycles. The highest BCUT2D eigenvalue weighted by molar-refractivity contribution is 5.88. The predicted molar refractivity (Wildman–Crippen MR) is 72.9 cm³/mol. The van der Waals surface area contributed by atoms with Crippen molar-refractivity contribution in [1.82, 2.24) is 20.1 Å². The molecule has 2 aromatic heterocycles. The highest BCUT2D eigenvalue weighted by Gasteiger charge is 2.04. The monoisotopic (exact) mass is 259 g/mol. The largest absolute Gasteiger partial charge is 0.337 e. The molecule has 0 bridgehead atoms. The summed E-state index contributed by atoms with van der Waals surface area (Å²) in [6.45, 7) is 2.46. The Labute approximate surface area is 111 Å². The highest BCUT2D eigenvalue weighted by Crippen LogP contribution is 2.08. The Morgan fingerprint density at radius 1 is 1.47 bits per heavy atom. The van der Waals surface area contributed by atoms with Crippen LogP contribution in [0.15, 0.2) is 30.7 Å². The Bertz CT molecular complexity index is 564. The number of nitrogens with one attached hydrogen (secondary N) is 2. The SMILES string of the molecule is Cc1cccnc1NC(=O)NCCc1cnn(C)c1. The summed E-state index contributed by atoms with van der Waals surface area (Å²) in [5.74, 6) is 0.585. The third-order valence-corrected chi connectivity index (χ3v) is 2.70. The van der Waals surface area contributed by atoms with Gasteiger partial charge in [0.15, 0.2) is 0 Å². The number of hydrogen-bond acceptors (Lipinski definition) is 3. The number of rotatable bonds is 4. The van der Waals surface area contributed by atoms with E-state index in [2.05, 4.69) is 20.7 Å². The molecule has 2 rings (SSSR count). The lowest BCUT2D eigenvalue weighted by molar-refractivity contribution is 0.252. The molecule has 2 aromatic rings. The average molecular weight is 259 g/mol. The van der Waals surface area contributed by atoms with Gasteiger partial charge >= 0.3 is 6.03 Å². The van der Waals surface area contributed by atoms with Gasteiger partial charge in [-0.05, 0) is 30.5 Å². The molecule has 100 valence electrons. The van der Waals surface area contributed by atoms with Gasteiger partial charge in [0, 0.05) is 26.0 Å². The van der Waals surface area contributed by atoms with Crippen molar-refractivity contribution in [2.24, 2.45) is 7.05 Å². The second-order valence-corrected chi connectivity index (χ2v) is 4.32. The van der Waals surface area contributed by atoms with E-state index in [4.69, 9.17) is 0 Å².